The number of anilines is 1. The molecule has 0 aromatic heterocycles. The van der Waals surface area contributed by atoms with Crippen molar-refractivity contribution in [2.75, 3.05) is 30.5 Å². The van der Waals surface area contributed by atoms with Gasteiger partial charge in [-0.1, -0.05) is 0 Å². The van der Waals surface area contributed by atoms with Crippen LogP contribution in [0.5, 0.6) is 5.75 Å². The Hall–Kier alpha value is 1.22. The Bertz CT molecular complexity index is 3390. The van der Waals surface area contributed by atoms with Gasteiger partial charge in [-0.2, -0.15) is 50.5 Å². The number of nitrogens with two attached hydrogens (primary N) is 1. The van der Waals surface area contributed by atoms with E-state index >= 15 is 0 Å². The van der Waals surface area contributed by atoms with Gasteiger partial charge < -0.3 is 10.8 Å². The van der Waals surface area contributed by atoms with E-state index < -0.39 is 180 Å². The van der Waals surface area contributed by atoms with Crippen LogP contribution in [0.15, 0.2) is 98.4 Å². The first-order valence-electron chi connectivity index (χ1n) is 15.7. The van der Waals surface area contributed by atoms with Gasteiger partial charge in [0.1, 0.15) is 42.3 Å². The summed E-state index contributed by atoms with van der Waals surface area (Å²) in [6, 6.07) is 3.63. The van der Waals surface area contributed by atoms with Crippen LogP contribution in [-0.2, 0) is 89.3 Å². The molecular weight excluding hydrogens is 1180 g/mol. The van der Waals surface area contributed by atoms with E-state index in [1.807, 2.05) is 0 Å². The van der Waals surface area contributed by atoms with Gasteiger partial charge in [0.05, 0.1) is 45.6 Å². The molecule has 0 aliphatic carbocycles. The van der Waals surface area contributed by atoms with Crippen LogP contribution in [0.25, 0.3) is 10.8 Å². The average Bonchev–Trinajstić information content (AvgIpc) is 3.10. The van der Waals surface area contributed by atoms with E-state index in [0.717, 1.165) is 0 Å². The SMILES string of the molecule is Nc1c(N=Nc2ccc(S(=O)(=O)CCOS(=O)(=O)O)cc2S(=O)(=O)O)c(S(=O)(=O)O)cc2cc(S(=O)(=O)O)c(N=Nc3ccc(S(=O)(=O)CCOS(=O)(=O)O)cc3S(=O)(=O)O)c(O)c12.[Na].[Na].[Na].[Na].[Na].[Na]. The Morgan fingerprint density at radius 2 is 0.757 bits per heavy atom. The zero-order valence-electron chi connectivity index (χ0n) is 36.6. The first-order chi connectivity index (χ1) is 28.8. The third-order valence-corrected chi connectivity index (χ3v) is 15.5. The molecule has 44 heteroatoms. The maximum Gasteiger partial charge on any atom is 0.397 e. The van der Waals surface area contributed by atoms with E-state index in [9.17, 15) is 90.7 Å². The molecule has 0 saturated heterocycles. The Morgan fingerprint density at radius 3 is 1.07 bits per heavy atom. The molecule has 6 radical (unpaired) electrons. The van der Waals surface area contributed by atoms with Crippen molar-refractivity contribution >= 4 is 297 Å². The molecule has 4 aromatic carbocycles. The van der Waals surface area contributed by atoms with Gasteiger partial charge in [-0.05, 0) is 53.9 Å². The van der Waals surface area contributed by atoms with Crippen molar-refractivity contribution in [1.82, 2.24) is 0 Å². The Labute approximate surface area is 531 Å². The van der Waals surface area contributed by atoms with E-state index in [2.05, 4.69) is 28.8 Å². The summed E-state index contributed by atoms with van der Waals surface area (Å²) in [5.41, 5.74) is 0.422. The molecule has 0 spiro atoms. The minimum atomic E-state index is -5.59. The third-order valence-electron chi connectivity index (χ3n) is 7.69. The molecule has 9 N–H and O–H groups in total. The smallest absolute Gasteiger partial charge is 0.397 e. The number of nitrogens with zero attached hydrogens (tertiary/aromatic N) is 4. The van der Waals surface area contributed by atoms with E-state index in [1.165, 1.54) is 0 Å². The summed E-state index contributed by atoms with van der Waals surface area (Å²) < 4.78 is 258. The van der Waals surface area contributed by atoms with Gasteiger partial charge in [0.2, 0.25) is 0 Å². The maximum absolute atomic E-state index is 12.7. The molecule has 0 fully saturated rings. The van der Waals surface area contributed by atoms with Crippen LogP contribution in [0.1, 0.15) is 0 Å². The van der Waals surface area contributed by atoms with Crippen molar-refractivity contribution in [2.45, 2.75) is 29.4 Å². The molecule has 30 nitrogen and oxygen atoms in total. The molecule has 0 bridgehead atoms. The van der Waals surface area contributed by atoms with Crippen LogP contribution in [0.3, 0.4) is 0 Å². The predicted octanol–water partition coefficient (Wildman–Crippen LogP) is -1.15. The fourth-order valence-corrected chi connectivity index (χ4v) is 10.8. The van der Waals surface area contributed by atoms with Crippen LogP contribution in [0.4, 0.5) is 28.4 Å². The van der Waals surface area contributed by atoms with Crippen molar-refractivity contribution in [2.24, 2.45) is 20.5 Å². The zero-order chi connectivity index (χ0) is 48.8. The maximum atomic E-state index is 12.7. The molecule has 4 aromatic rings. The van der Waals surface area contributed by atoms with Gasteiger partial charge in [0, 0.05) is 177 Å². The van der Waals surface area contributed by atoms with Crippen LogP contribution in [-0.4, -0.2) is 302 Å². The largest absolute Gasteiger partial charge is 0.505 e. The van der Waals surface area contributed by atoms with Crippen molar-refractivity contribution < 1.29 is 108 Å². The summed E-state index contributed by atoms with van der Waals surface area (Å²) in [4.78, 5) is -7.40. The number of phenolic OH excluding ortho intramolecular Hbond substituents is 1. The number of phenols is 1. The molecule has 0 amide bonds. The quantitative estimate of drug-likeness (QED) is 0.0252. The summed E-state index contributed by atoms with van der Waals surface area (Å²) in [6.45, 7) is -2.34. The fourth-order valence-electron chi connectivity index (χ4n) is 5.00. The first kappa shape index (κ1) is 75.5. The molecule has 0 aliphatic heterocycles. The fraction of sp³-hybridized carbons (Fsp3) is 0.154. The van der Waals surface area contributed by atoms with E-state index in [-0.39, 0.29) is 189 Å². The molecular formula is C26H25N5Na6O25S8. The topological polar surface area (TPSA) is 509 Å². The number of nitrogen functional groups attached to an aromatic ring is 1. The number of hydrogen-bond acceptors (Lipinski definition) is 24. The second kappa shape index (κ2) is 28.2. The molecule has 0 aliphatic rings. The summed E-state index contributed by atoms with van der Waals surface area (Å²) in [5.74, 6) is -3.85. The first-order valence-corrected chi connectivity index (χ1v) is 27.5. The van der Waals surface area contributed by atoms with Crippen molar-refractivity contribution in [1.29, 1.82) is 0 Å². The summed E-state index contributed by atoms with van der Waals surface area (Å²) in [6.07, 6.45) is 0. The number of azo groups is 2. The van der Waals surface area contributed by atoms with Gasteiger partial charge >= 0.3 is 20.8 Å². The molecule has 4 rings (SSSR count). The number of rotatable bonds is 18. The normalized spacial score (nSPS) is 12.7. The van der Waals surface area contributed by atoms with Crippen molar-refractivity contribution in [3.8, 4) is 5.75 Å². The minimum absolute atomic E-state index is 0. The van der Waals surface area contributed by atoms with Crippen molar-refractivity contribution in [3.63, 3.8) is 0 Å². The Morgan fingerprint density at radius 1 is 0.443 bits per heavy atom. The van der Waals surface area contributed by atoms with Gasteiger partial charge in [0.15, 0.2) is 25.4 Å². The van der Waals surface area contributed by atoms with Crippen LogP contribution >= 0.6 is 0 Å². The molecule has 358 valence electrons. The van der Waals surface area contributed by atoms with E-state index in [1.54, 1.807) is 0 Å². The van der Waals surface area contributed by atoms with Crippen molar-refractivity contribution in [3.05, 3.63) is 48.5 Å². The molecule has 0 heterocycles. The summed E-state index contributed by atoms with van der Waals surface area (Å²) >= 11 is 0. The number of benzene rings is 4. The summed E-state index contributed by atoms with van der Waals surface area (Å²) in [5, 5.41) is 23.3. The van der Waals surface area contributed by atoms with Gasteiger partial charge in [-0.15, -0.1) is 20.5 Å². The van der Waals surface area contributed by atoms with E-state index in [4.69, 9.17) is 14.8 Å². The van der Waals surface area contributed by atoms with Gasteiger partial charge in [0.25, 0.3) is 40.5 Å². The monoisotopic (exact) mass is 1200 g/mol. The molecule has 70 heavy (non-hydrogen) atoms. The Balaban J connectivity index is -0.00000748. The second-order valence-electron chi connectivity index (χ2n) is 12.0. The number of aromatic hydroxyl groups is 1. The molecule has 0 unspecified atom stereocenters. The number of hydrogen-bond donors (Lipinski definition) is 8. The minimum Gasteiger partial charge on any atom is -0.505 e. The van der Waals surface area contributed by atoms with Crippen LogP contribution in [0.2, 0.25) is 0 Å². The standard InChI is InChI=1S/C26H25N5O25S8.6Na/c27-23-22-13(9-20(61(43,44)45)24(23)30-28-16-3-1-14(11-18(16)59(37,38)39)57(33,34)7-5-55-63(49,50)51)10-21(62(46,47)48)25(26(22)32)31-29-17-4-2-15(12-19(17)60(40,41)42)58(35,36)8-6-56-64(52,53)54;;;;;;/h1-4,9-12,32H,5-8,27H2,(H,37,38,39)(H,40,41,42)(H,43,44,45)(H,46,47,48)(H,49,50,51)(H,52,53,54);;;;;;. The second-order valence-corrected chi connectivity index (χ2v) is 24.0. The molecule has 0 atom stereocenters. The third kappa shape index (κ3) is 20.5. The van der Waals surface area contributed by atoms with Gasteiger partial charge in [-0.25, -0.2) is 25.2 Å². The predicted molar refractivity (Wildman–Crippen MR) is 244 cm³/mol. The van der Waals surface area contributed by atoms with E-state index in [0.29, 0.717) is 36.4 Å². The number of fused-ring (bicyclic) bond motifs is 1. The average molecular weight is 1200 g/mol. The van der Waals surface area contributed by atoms with Crippen LogP contribution < -0.4 is 5.73 Å². The molecule has 0 saturated carbocycles. The van der Waals surface area contributed by atoms with Gasteiger partial charge in [-0.3, -0.25) is 27.3 Å². The van der Waals surface area contributed by atoms with Crippen LogP contribution in [0, 0.1) is 0 Å². The Kier molecular flexibility index (Phi) is 30.4. The zero-order valence-corrected chi connectivity index (χ0v) is 55.1. The summed E-state index contributed by atoms with van der Waals surface area (Å²) in [7, 11) is -41.7. The number of sulfone groups is 2.